The number of rotatable bonds is 6. The topological polar surface area (TPSA) is 26.3 Å². The summed E-state index contributed by atoms with van der Waals surface area (Å²) < 4.78 is 5.85. The number of halogens is 1. The molecule has 0 aromatic heterocycles. The van der Waals surface area contributed by atoms with Crippen LogP contribution in [0.15, 0.2) is 66.7 Å². The summed E-state index contributed by atoms with van der Waals surface area (Å²) in [6.07, 6.45) is 0. The first-order valence-corrected chi connectivity index (χ1v) is 9.76. The maximum Gasteiger partial charge on any atom is 0.187 e. The van der Waals surface area contributed by atoms with Crippen LogP contribution in [-0.2, 0) is 6.61 Å². The smallest absolute Gasteiger partial charge is 0.187 e. The number of carbonyl (C=O) groups is 1. The van der Waals surface area contributed by atoms with Crippen molar-refractivity contribution < 1.29 is 9.53 Å². The second-order valence-electron chi connectivity index (χ2n) is 6.14. The molecule has 0 amide bonds. The molecule has 0 spiro atoms. The van der Waals surface area contributed by atoms with Crippen LogP contribution in [-0.4, -0.2) is 24.4 Å². The van der Waals surface area contributed by atoms with E-state index >= 15 is 0 Å². The second-order valence-corrected chi connectivity index (χ2v) is 7.79. The minimum Gasteiger partial charge on any atom is -0.489 e. The summed E-state index contributed by atoms with van der Waals surface area (Å²) in [6.45, 7) is 4.45. The third-order valence-corrected chi connectivity index (χ3v) is 5.77. The number of aryl methyl sites for hydroxylation is 2. The maximum absolute atomic E-state index is 12.7. The third-order valence-electron chi connectivity index (χ3n) is 4.14. The Bertz CT molecular complexity index is 909. The molecular formula is C22H20ClLiO2P. The molecule has 1 radical (unpaired) electrons. The quantitative estimate of drug-likeness (QED) is 0.422. The SMILES string of the molecule is Cc1cc(OCc2ccccc2)ccc1PC(=O)c1c(C)cccc1Cl.[Li]. The molecule has 0 fully saturated rings. The predicted octanol–water partition coefficient (Wildman–Crippen LogP) is 5.30. The van der Waals surface area contributed by atoms with Crippen molar-refractivity contribution in [1.82, 2.24) is 0 Å². The molecule has 2 nitrogen and oxygen atoms in total. The molecule has 0 aliphatic carbocycles. The Kier molecular flexibility index (Phi) is 8.15. The van der Waals surface area contributed by atoms with E-state index in [1.807, 2.05) is 74.5 Å². The van der Waals surface area contributed by atoms with Gasteiger partial charge in [0.05, 0.1) is 5.02 Å². The molecule has 5 heteroatoms. The Morgan fingerprint density at radius 3 is 2.37 bits per heavy atom. The normalized spacial score (nSPS) is 10.6. The Hall–Kier alpha value is -1.55. The van der Waals surface area contributed by atoms with Gasteiger partial charge in [0.25, 0.3) is 0 Å². The number of benzene rings is 3. The van der Waals surface area contributed by atoms with Crippen molar-refractivity contribution in [2.24, 2.45) is 0 Å². The Morgan fingerprint density at radius 1 is 0.963 bits per heavy atom. The van der Waals surface area contributed by atoms with Gasteiger partial charge in [-0.1, -0.05) is 60.1 Å². The number of hydrogen-bond donors (Lipinski definition) is 0. The van der Waals surface area contributed by atoms with Gasteiger partial charge < -0.3 is 4.74 Å². The fourth-order valence-electron chi connectivity index (χ4n) is 2.71. The Morgan fingerprint density at radius 2 is 1.70 bits per heavy atom. The average Bonchev–Trinajstić information content (AvgIpc) is 2.63. The van der Waals surface area contributed by atoms with Crippen LogP contribution in [0.5, 0.6) is 5.75 Å². The molecule has 0 bridgehead atoms. The van der Waals surface area contributed by atoms with Gasteiger partial charge in [0, 0.05) is 24.4 Å². The van der Waals surface area contributed by atoms with Crippen molar-refractivity contribution in [3.8, 4) is 5.75 Å². The number of hydrogen-bond acceptors (Lipinski definition) is 2. The average molecular weight is 390 g/mol. The fourth-order valence-corrected chi connectivity index (χ4v) is 4.24. The van der Waals surface area contributed by atoms with E-state index in [9.17, 15) is 4.79 Å². The van der Waals surface area contributed by atoms with Crippen LogP contribution in [0, 0.1) is 13.8 Å². The summed E-state index contributed by atoms with van der Waals surface area (Å²) in [7, 11) is 0.0397. The molecule has 3 aromatic rings. The van der Waals surface area contributed by atoms with Crippen molar-refractivity contribution in [3.63, 3.8) is 0 Å². The summed E-state index contributed by atoms with van der Waals surface area (Å²) in [5, 5.41) is 1.53. The molecule has 0 saturated carbocycles. The first kappa shape index (κ1) is 21.7. The van der Waals surface area contributed by atoms with Crippen molar-refractivity contribution >= 4 is 49.9 Å². The summed E-state index contributed by atoms with van der Waals surface area (Å²) in [5.74, 6) is 0.807. The molecule has 27 heavy (non-hydrogen) atoms. The van der Waals surface area contributed by atoms with Gasteiger partial charge in [-0.25, -0.2) is 0 Å². The van der Waals surface area contributed by atoms with E-state index in [-0.39, 0.29) is 33.0 Å². The van der Waals surface area contributed by atoms with Gasteiger partial charge in [0.1, 0.15) is 12.4 Å². The van der Waals surface area contributed by atoms with Gasteiger partial charge in [0.15, 0.2) is 5.52 Å². The zero-order valence-electron chi connectivity index (χ0n) is 15.8. The predicted molar refractivity (Wildman–Crippen MR) is 116 cm³/mol. The first-order chi connectivity index (χ1) is 12.5. The molecule has 0 aliphatic heterocycles. The van der Waals surface area contributed by atoms with E-state index in [1.165, 1.54) is 0 Å². The molecule has 0 heterocycles. The van der Waals surface area contributed by atoms with Crippen LogP contribution in [0.1, 0.15) is 27.0 Å². The Labute approximate surface area is 179 Å². The van der Waals surface area contributed by atoms with Crippen molar-refractivity contribution in [3.05, 3.63) is 94.0 Å². The number of carbonyl (C=O) groups excluding carboxylic acids is 1. The van der Waals surface area contributed by atoms with Crippen molar-refractivity contribution in [1.29, 1.82) is 0 Å². The third kappa shape index (κ3) is 5.71. The van der Waals surface area contributed by atoms with Crippen molar-refractivity contribution in [2.75, 3.05) is 0 Å². The maximum atomic E-state index is 12.7. The van der Waals surface area contributed by atoms with E-state index in [2.05, 4.69) is 0 Å². The summed E-state index contributed by atoms with van der Waals surface area (Å²) in [5.41, 5.74) is 3.77. The molecular weight excluding hydrogens is 370 g/mol. The molecule has 1 unspecified atom stereocenters. The monoisotopic (exact) mass is 389 g/mol. The molecule has 0 saturated heterocycles. The number of ether oxygens (including phenoxy) is 1. The van der Waals surface area contributed by atoms with E-state index in [0.29, 0.717) is 17.2 Å². The van der Waals surface area contributed by atoms with Gasteiger partial charge in [-0.15, -0.1) is 0 Å². The van der Waals surface area contributed by atoms with E-state index in [1.54, 1.807) is 6.07 Å². The van der Waals surface area contributed by atoms with Crippen LogP contribution in [0.2, 0.25) is 5.02 Å². The van der Waals surface area contributed by atoms with Crippen LogP contribution in [0.4, 0.5) is 0 Å². The van der Waals surface area contributed by atoms with Gasteiger partial charge in [0.2, 0.25) is 0 Å². The zero-order chi connectivity index (χ0) is 18.5. The standard InChI is InChI=1S/C22H20ClO2P.Li/c1-15-7-6-10-19(23)21(15)22(24)26-20-12-11-18(13-16(20)2)25-14-17-8-4-3-5-9-17;/h3-13,26H,14H2,1-2H3;. The molecule has 0 aliphatic rings. The minimum absolute atomic E-state index is 0. The van der Waals surface area contributed by atoms with Crippen LogP contribution in [0.25, 0.3) is 0 Å². The molecule has 1 atom stereocenters. The van der Waals surface area contributed by atoms with Crippen LogP contribution in [0.3, 0.4) is 0 Å². The summed E-state index contributed by atoms with van der Waals surface area (Å²) in [4.78, 5) is 12.7. The molecule has 0 N–H and O–H groups in total. The van der Waals surface area contributed by atoms with Crippen LogP contribution < -0.4 is 10.0 Å². The molecule has 133 valence electrons. The first-order valence-electron chi connectivity index (χ1n) is 8.38. The Balaban J connectivity index is 0.00000261. The molecule has 3 rings (SSSR count). The second kappa shape index (κ2) is 10.1. The van der Waals surface area contributed by atoms with Crippen molar-refractivity contribution in [2.45, 2.75) is 20.5 Å². The van der Waals surface area contributed by atoms with E-state index < -0.39 is 0 Å². The molecule has 3 aromatic carbocycles. The van der Waals surface area contributed by atoms with Gasteiger partial charge >= 0.3 is 0 Å². The zero-order valence-corrected chi connectivity index (χ0v) is 17.5. The van der Waals surface area contributed by atoms with Crippen LogP contribution >= 0.6 is 20.2 Å². The van der Waals surface area contributed by atoms with E-state index in [4.69, 9.17) is 16.3 Å². The summed E-state index contributed by atoms with van der Waals surface area (Å²) in [6, 6.07) is 21.5. The summed E-state index contributed by atoms with van der Waals surface area (Å²) >= 11 is 6.22. The fraction of sp³-hybridized carbons (Fsp3) is 0.136. The largest absolute Gasteiger partial charge is 0.489 e. The van der Waals surface area contributed by atoms with Gasteiger partial charge in [-0.05, 0) is 62.6 Å². The van der Waals surface area contributed by atoms with E-state index in [0.717, 1.165) is 27.7 Å². The van der Waals surface area contributed by atoms with Gasteiger partial charge in [-0.3, -0.25) is 4.79 Å². The van der Waals surface area contributed by atoms with Gasteiger partial charge in [-0.2, -0.15) is 0 Å². The minimum atomic E-state index is 0.